The number of hydrogen-bond acceptors (Lipinski definition) is 5. The van der Waals surface area contributed by atoms with Gasteiger partial charge in [0.15, 0.2) is 0 Å². The van der Waals surface area contributed by atoms with Crippen molar-refractivity contribution in [2.24, 2.45) is 0 Å². The fourth-order valence-corrected chi connectivity index (χ4v) is 3.09. The smallest absolute Gasteiger partial charge is 0.219 e. The summed E-state index contributed by atoms with van der Waals surface area (Å²) < 4.78 is 7.65. The Bertz CT molecular complexity index is 905. The first-order valence-electron chi connectivity index (χ1n) is 7.89. The van der Waals surface area contributed by atoms with E-state index in [1.54, 1.807) is 19.5 Å². The number of rotatable bonds is 4. The molecule has 2 N–H and O–H groups in total. The van der Waals surface area contributed by atoms with Crippen LogP contribution >= 0.6 is 11.6 Å². The van der Waals surface area contributed by atoms with Crippen molar-refractivity contribution in [2.45, 2.75) is 26.8 Å². The zero-order chi connectivity index (χ0) is 18.1. The van der Waals surface area contributed by atoms with Gasteiger partial charge in [-0.25, -0.2) is 9.97 Å². The van der Waals surface area contributed by atoms with Crippen LogP contribution in [-0.2, 0) is 0 Å². The van der Waals surface area contributed by atoms with Crippen molar-refractivity contribution >= 4 is 17.5 Å². The van der Waals surface area contributed by atoms with Crippen LogP contribution < -0.4 is 10.5 Å². The Morgan fingerprint density at radius 1 is 1.24 bits per heavy atom. The average Bonchev–Trinajstić information content (AvgIpc) is 3.03. The van der Waals surface area contributed by atoms with Crippen LogP contribution in [0.1, 0.15) is 29.8 Å². The summed E-state index contributed by atoms with van der Waals surface area (Å²) in [7, 11) is 1.65. The molecule has 6 nitrogen and oxygen atoms in total. The summed E-state index contributed by atoms with van der Waals surface area (Å²) in [6.45, 7) is 5.96. The van der Waals surface area contributed by atoms with Gasteiger partial charge in [0, 0.05) is 40.3 Å². The van der Waals surface area contributed by atoms with Gasteiger partial charge in [0.2, 0.25) is 5.95 Å². The van der Waals surface area contributed by atoms with Crippen LogP contribution in [0.15, 0.2) is 30.7 Å². The van der Waals surface area contributed by atoms with Gasteiger partial charge in [0.25, 0.3) is 0 Å². The van der Waals surface area contributed by atoms with Gasteiger partial charge in [-0.3, -0.25) is 4.68 Å². The van der Waals surface area contributed by atoms with Crippen LogP contribution in [0.2, 0.25) is 5.02 Å². The number of hydrogen-bond donors (Lipinski definition) is 1. The number of anilines is 1. The molecule has 1 atom stereocenters. The molecule has 1 unspecified atom stereocenters. The van der Waals surface area contributed by atoms with E-state index < -0.39 is 0 Å². The van der Waals surface area contributed by atoms with Crippen molar-refractivity contribution in [1.29, 1.82) is 0 Å². The quantitative estimate of drug-likeness (QED) is 0.768. The maximum absolute atomic E-state index is 6.52. The number of nitrogens with two attached hydrogens (primary N) is 1. The molecule has 0 aliphatic carbocycles. The molecule has 2 heterocycles. The number of methoxy groups -OCH3 is 1. The number of benzene rings is 1. The highest BCUT2D eigenvalue weighted by atomic mass is 35.5. The van der Waals surface area contributed by atoms with Crippen molar-refractivity contribution in [2.75, 3.05) is 12.8 Å². The molecule has 3 aromatic rings. The zero-order valence-corrected chi connectivity index (χ0v) is 15.4. The highest BCUT2D eigenvalue weighted by Gasteiger charge is 2.22. The maximum atomic E-state index is 6.52. The maximum Gasteiger partial charge on any atom is 0.219 e. The van der Waals surface area contributed by atoms with Gasteiger partial charge in [-0.05, 0) is 38.5 Å². The predicted octanol–water partition coefficient (Wildman–Crippen LogP) is 3.81. The summed E-state index contributed by atoms with van der Waals surface area (Å²) in [5.74, 6) is 0.957. The number of aromatic nitrogens is 4. The van der Waals surface area contributed by atoms with E-state index in [-0.39, 0.29) is 12.0 Å². The number of aryl methyl sites for hydroxylation is 1. The van der Waals surface area contributed by atoms with E-state index in [9.17, 15) is 0 Å². The van der Waals surface area contributed by atoms with E-state index >= 15 is 0 Å². The molecule has 0 aliphatic heterocycles. The minimum absolute atomic E-state index is 0.0461. The lowest BCUT2D eigenvalue weighted by molar-refractivity contribution is 0.402. The molecule has 7 heteroatoms. The number of ether oxygens (including phenoxy) is 1. The van der Waals surface area contributed by atoms with Gasteiger partial charge in [-0.2, -0.15) is 5.10 Å². The van der Waals surface area contributed by atoms with Crippen LogP contribution in [0.4, 0.5) is 5.95 Å². The molecule has 0 aliphatic rings. The van der Waals surface area contributed by atoms with E-state index in [2.05, 4.69) is 22.0 Å². The summed E-state index contributed by atoms with van der Waals surface area (Å²) in [5, 5.41) is 5.16. The molecule has 0 bridgehead atoms. The molecule has 2 aromatic heterocycles. The first kappa shape index (κ1) is 17.2. The van der Waals surface area contributed by atoms with E-state index in [1.807, 2.05) is 36.9 Å². The van der Waals surface area contributed by atoms with Crippen LogP contribution in [0.3, 0.4) is 0 Å². The van der Waals surface area contributed by atoms with Crippen molar-refractivity contribution in [1.82, 2.24) is 19.7 Å². The molecule has 0 saturated carbocycles. The van der Waals surface area contributed by atoms with Crippen LogP contribution in [0.25, 0.3) is 11.1 Å². The molecule has 0 amide bonds. The number of nitrogen functional groups attached to an aromatic ring is 1. The van der Waals surface area contributed by atoms with Crippen molar-refractivity contribution in [3.8, 4) is 16.9 Å². The monoisotopic (exact) mass is 357 g/mol. The van der Waals surface area contributed by atoms with Crippen molar-refractivity contribution in [3.05, 3.63) is 52.6 Å². The largest absolute Gasteiger partial charge is 0.496 e. The lowest BCUT2D eigenvalue weighted by Gasteiger charge is -2.21. The van der Waals surface area contributed by atoms with Crippen LogP contribution in [-0.4, -0.2) is 26.9 Å². The average molecular weight is 358 g/mol. The molecule has 0 fully saturated rings. The van der Waals surface area contributed by atoms with Gasteiger partial charge in [0.1, 0.15) is 5.75 Å². The van der Waals surface area contributed by atoms with Gasteiger partial charge in [-0.1, -0.05) is 11.6 Å². The second kappa shape index (κ2) is 6.72. The van der Waals surface area contributed by atoms with E-state index in [0.29, 0.717) is 5.02 Å². The van der Waals surface area contributed by atoms with Gasteiger partial charge < -0.3 is 10.5 Å². The molecular formula is C18H20ClN5O. The molecule has 0 saturated heterocycles. The van der Waals surface area contributed by atoms with Crippen molar-refractivity contribution < 1.29 is 4.74 Å². The second-order valence-electron chi connectivity index (χ2n) is 5.92. The summed E-state index contributed by atoms with van der Waals surface area (Å²) in [6.07, 6.45) is 5.30. The van der Waals surface area contributed by atoms with Crippen LogP contribution in [0, 0.1) is 13.8 Å². The summed E-state index contributed by atoms with van der Waals surface area (Å²) in [5.41, 5.74) is 10.1. The summed E-state index contributed by atoms with van der Waals surface area (Å²) >= 11 is 6.52. The lowest BCUT2D eigenvalue weighted by atomic mass is 9.95. The number of halogens is 1. The van der Waals surface area contributed by atoms with Gasteiger partial charge in [-0.15, -0.1) is 0 Å². The predicted molar refractivity (Wildman–Crippen MR) is 99.0 cm³/mol. The lowest BCUT2D eigenvalue weighted by Crippen LogP contribution is -2.10. The molecule has 0 radical (unpaired) electrons. The molecular weight excluding hydrogens is 338 g/mol. The molecule has 130 valence electrons. The Kier molecular flexibility index (Phi) is 4.63. The molecule has 1 aromatic carbocycles. The fraction of sp³-hybridized carbons (Fsp3) is 0.278. The van der Waals surface area contributed by atoms with Gasteiger partial charge >= 0.3 is 0 Å². The normalized spacial score (nSPS) is 12.2. The number of nitrogens with zero attached hydrogens (tertiary/aromatic N) is 4. The minimum Gasteiger partial charge on any atom is -0.496 e. The van der Waals surface area contributed by atoms with Gasteiger partial charge in [0.05, 0.1) is 18.8 Å². The first-order valence-corrected chi connectivity index (χ1v) is 8.26. The second-order valence-corrected chi connectivity index (χ2v) is 6.33. The fourth-order valence-electron chi connectivity index (χ4n) is 2.88. The first-order chi connectivity index (χ1) is 11.9. The zero-order valence-electron chi connectivity index (χ0n) is 14.6. The summed E-state index contributed by atoms with van der Waals surface area (Å²) in [6, 6.07) is 3.85. The van der Waals surface area contributed by atoms with E-state index in [0.717, 1.165) is 33.7 Å². The van der Waals surface area contributed by atoms with Crippen LogP contribution in [0.5, 0.6) is 5.75 Å². The highest BCUT2D eigenvalue weighted by molar-refractivity contribution is 6.32. The third-order valence-corrected chi connectivity index (χ3v) is 4.65. The Morgan fingerprint density at radius 3 is 2.48 bits per heavy atom. The SMILES string of the molecule is COc1c(C(C)n2ccc(C)n2)cc(Cl)c(C)c1-c1cnc(N)nc1. The Balaban J connectivity index is 2.21. The standard InChI is InChI=1S/C18H20ClN5O/c1-10-5-6-24(23-10)12(3)14-7-15(19)11(2)16(17(14)25-4)13-8-21-18(20)22-9-13/h5-9,12H,1-4H3,(H2,20,21,22). The Hall–Kier alpha value is -2.60. The molecule has 0 spiro atoms. The Morgan fingerprint density at radius 2 is 1.92 bits per heavy atom. The van der Waals surface area contributed by atoms with Crippen molar-refractivity contribution in [3.63, 3.8) is 0 Å². The van der Waals surface area contributed by atoms with E-state index in [1.165, 1.54) is 0 Å². The third-order valence-electron chi connectivity index (χ3n) is 4.26. The minimum atomic E-state index is -0.0461. The third kappa shape index (κ3) is 3.17. The van der Waals surface area contributed by atoms with E-state index in [4.69, 9.17) is 22.1 Å². The Labute approximate surface area is 151 Å². The topological polar surface area (TPSA) is 78.8 Å². The molecule has 3 rings (SSSR count). The highest BCUT2D eigenvalue weighted by Crippen LogP contribution is 2.42. The summed E-state index contributed by atoms with van der Waals surface area (Å²) in [4.78, 5) is 8.18. The molecule has 25 heavy (non-hydrogen) atoms.